The number of pyridine rings is 1. The second-order valence-corrected chi connectivity index (χ2v) is 4.03. The lowest BCUT2D eigenvalue weighted by molar-refractivity contribution is -0.139. The molecular weight excluding hydrogens is 333 g/mol. The van der Waals surface area contributed by atoms with Gasteiger partial charge in [-0.25, -0.2) is 13.8 Å². The molecule has 0 amide bonds. The first-order valence-electron chi connectivity index (χ1n) is 4.25. The second-order valence-electron chi connectivity index (χ2n) is 2.95. The van der Waals surface area contributed by atoms with Gasteiger partial charge in [0, 0.05) is 5.69 Å². The van der Waals surface area contributed by atoms with Crippen molar-refractivity contribution in [2.75, 3.05) is 12.8 Å². The van der Waals surface area contributed by atoms with E-state index in [-0.39, 0.29) is 17.8 Å². The van der Waals surface area contributed by atoms with E-state index in [1.807, 2.05) is 22.6 Å². The Kier molecular flexibility index (Phi) is 4.39. The van der Waals surface area contributed by atoms with E-state index in [1.165, 1.54) is 7.11 Å². The van der Waals surface area contributed by atoms with E-state index < -0.39 is 18.1 Å². The Morgan fingerprint density at radius 2 is 2.31 bits per heavy atom. The number of anilines is 1. The van der Waals surface area contributed by atoms with Crippen LogP contribution >= 0.6 is 22.6 Å². The number of nitrogens with zero attached hydrogens (tertiary/aromatic N) is 1. The van der Waals surface area contributed by atoms with Crippen LogP contribution in [-0.4, -0.2) is 18.1 Å². The minimum atomic E-state index is -2.71. The summed E-state index contributed by atoms with van der Waals surface area (Å²) in [5.41, 5.74) is 5.51. The van der Waals surface area contributed by atoms with E-state index in [1.54, 1.807) is 0 Å². The van der Waals surface area contributed by atoms with Crippen LogP contribution in [0.3, 0.4) is 0 Å². The van der Waals surface area contributed by atoms with E-state index in [2.05, 4.69) is 9.72 Å². The highest BCUT2D eigenvalue weighted by Gasteiger charge is 2.16. The molecule has 1 aromatic rings. The summed E-state index contributed by atoms with van der Waals surface area (Å²) in [6.45, 7) is 0. The number of esters is 1. The zero-order chi connectivity index (χ0) is 12.3. The molecule has 0 atom stereocenters. The van der Waals surface area contributed by atoms with Crippen molar-refractivity contribution >= 4 is 34.2 Å². The summed E-state index contributed by atoms with van der Waals surface area (Å²) in [7, 11) is 1.22. The van der Waals surface area contributed by atoms with Crippen molar-refractivity contribution in [2.45, 2.75) is 12.8 Å². The van der Waals surface area contributed by atoms with Crippen LogP contribution < -0.4 is 5.73 Å². The van der Waals surface area contributed by atoms with E-state index in [9.17, 15) is 13.6 Å². The number of nitrogens with two attached hydrogens (primary N) is 1. The van der Waals surface area contributed by atoms with Crippen molar-refractivity contribution in [1.82, 2.24) is 4.98 Å². The Hall–Kier alpha value is -0.990. The lowest BCUT2D eigenvalue weighted by Gasteiger charge is -2.08. The zero-order valence-electron chi connectivity index (χ0n) is 8.34. The van der Waals surface area contributed by atoms with E-state index in [0.717, 1.165) is 6.07 Å². The molecule has 0 aliphatic heterocycles. The van der Waals surface area contributed by atoms with Gasteiger partial charge in [-0.2, -0.15) is 0 Å². The van der Waals surface area contributed by atoms with Crippen LogP contribution in [0.5, 0.6) is 0 Å². The first-order chi connectivity index (χ1) is 7.45. The summed E-state index contributed by atoms with van der Waals surface area (Å²) in [6.07, 6.45) is -2.88. The quantitative estimate of drug-likeness (QED) is 0.673. The number of hydrogen-bond donors (Lipinski definition) is 1. The Morgan fingerprint density at radius 3 is 2.81 bits per heavy atom. The van der Waals surface area contributed by atoms with E-state index in [4.69, 9.17) is 5.73 Å². The number of carbonyl (C=O) groups is 1. The number of aromatic nitrogens is 1. The van der Waals surface area contributed by atoms with Crippen LogP contribution in [0.1, 0.15) is 17.8 Å². The lowest BCUT2D eigenvalue weighted by Crippen LogP contribution is -2.11. The summed E-state index contributed by atoms with van der Waals surface area (Å²) >= 11 is 1.85. The Balaban J connectivity index is 3.11. The minimum absolute atomic E-state index is 0.167. The number of rotatable bonds is 3. The number of alkyl halides is 2. The number of carbonyl (C=O) groups excluding carboxylic acids is 1. The van der Waals surface area contributed by atoms with Crippen LogP contribution in [0.25, 0.3) is 0 Å². The molecular formula is C9H9F2IN2O2. The second kappa shape index (κ2) is 5.37. The highest BCUT2D eigenvalue weighted by atomic mass is 127. The molecule has 0 aliphatic rings. The number of methoxy groups -OCH3 is 1. The highest BCUT2D eigenvalue weighted by Crippen LogP contribution is 2.25. The van der Waals surface area contributed by atoms with Crippen molar-refractivity contribution in [3.63, 3.8) is 0 Å². The van der Waals surface area contributed by atoms with Crippen molar-refractivity contribution in [3.05, 3.63) is 21.0 Å². The number of nitrogen functional groups attached to an aromatic ring is 1. The number of ether oxygens (including phenoxy) is 1. The van der Waals surface area contributed by atoms with Crippen LogP contribution in [0, 0.1) is 3.57 Å². The van der Waals surface area contributed by atoms with Gasteiger partial charge in [-0.15, -0.1) is 0 Å². The molecule has 0 spiro atoms. The van der Waals surface area contributed by atoms with E-state index >= 15 is 0 Å². The molecule has 0 saturated carbocycles. The molecule has 0 bridgehead atoms. The molecule has 7 heteroatoms. The van der Waals surface area contributed by atoms with Gasteiger partial charge in [0.1, 0.15) is 5.69 Å². The zero-order valence-corrected chi connectivity index (χ0v) is 10.5. The largest absolute Gasteiger partial charge is 0.469 e. The van der Waals surface area contributed by atoms with Gasteiger partial charge in [0.2, 0.25) is 0 Å². The van der Waals surface area contributed by atoms with Crippen LogP contribution in [0.2, 0.25) is 0 Å². The fraction of sp³-hybridized carbons (Fsp3) is 0.333. The van der Waals surface area contributed by atoms with Crippen molar-refractivity contribution in [2.24, 2.45) is 0 Å². The van der Waals surface area contributed by atoms with Crippen molar-refractivity contribution in [1.29, 1.82) is 0 Å². The predicted molar refractivity (Wildman–Crippen MR) is 62.0 cm³/mol. The maximum Gasteiger partial charge on any atom is 0.311 e. The average molecular weight is 342 g/mol. The molecule has 2 N–H and O–H groups in total. The number of halogens is 3. The Morgan fingerprint density at radius 1 is 1.69 bits per heavy atom. The molecule has 0 aromatic carbocycles. The molecule has 1 aromatic heterocycles. The van der Waals surface area contributed by atoms with Crippen molar-refractivity contribution in [3.8, 4) is 0 Å². The smallest absolute Gasteiger partial charge is 0.311 e. The molecule has 0 aliphatic carbocycles. The fourth-order valence-corrected chi connectivity index (χ4v) is 1.53. The molecule has 0 fully saturated rings. The molecule has 1 rings (SSSR count). The topological polar surface area (TPSA) is 65.2 Å². The third-order valence-corrected chi connectivity index (χ3v) is 3.08. The first kappa shape index (κ1) is 13.1. The fourth-order valence-electron chi connectivity index (χ4n) is 1.06. The Bertz CT molecular complexity index is 413. The summed E-state index contributed by atoms with van der Waals surface area (Å²) in [5.74, 6) is -0.545. The molecule has 0 saturated heterocycles. The van der Waals surface area contributed by atoms with Crippen molar-refractivity contribution < 1.29 is 18.3 Å². The third-order valence-electron chi connectivity index (χ3n) is 1.84. The van der Waals surface area contributed by atoms with Gasteiger partial charge in [-0.05, 0) is 28.7 Å². The van der Waals surface area contributed by atoms with Gasteiger partial charge in [0.05, 0.1) is 22.8 Å². The van der Waals surface area contributed by atoms with Crippen LogP contribution in [0.4, 0.5) is 14.5 Å². The summed E-state index contributed by atoms with van der Waals surface area (Å²) in [4.78, 5) is 14.7. The SMILES string of the molecule is COC(=O)Cc1nc(C(F)F)cc(N)c1I. The van der Waals surface area contributed by atoms with Gasteiger partial charge < -0.3 is 10.5 Å². The van der Waals surface area contributed by atoms with Gasteiger partial charge >= 0.3 is 5.97 Å². The maximum absolute atomic E-state index is 12.4. The molecule has 1 heterocycles. The Labute approximate surface area is 104 Å². The minimum Gasteiger partial charge on any atom is -0.469 e. The normalized spacial score (nSPS) is 10.6. The van der Waals surface area contributed by atoms with Gasteiger partial charge in [0.15, 0.2) is 0 Å². The van der Waals surface area contributed by atoms with Crippen LogP contribution in [0.15, 0.2) is 6.07 Å². The summed E-state index contributed by atoms with van der Waals surface area (Å²) < 4.78 is 29.8. The molecule has 88 valence electrons. The molecule has 0 unspecified atom stereocenters. The van der Waals surface area contributed by atoms with Gasteiger partial charge in [0.25, 0.3) is 6.43 Å². The third kappa shape index (κ3) is 3.00. The lowest BCUT2D eigenvalue weighted by atomic mass is 10.2. The molecule has 0 radical (unpaired) electrons. The predicted octanol–water partition coefficient (Wildman–Crippen LogP) is 1.92. The van der Waals surface area contributed by atoms with Crippen LogP contribution in [-0.2, 0) is 16.0 Å². The highest BCUT2D eigenvalue weighted by molar-refractivity contribution is 14.1. The maximum atomic E-state index is 12.4. The summed E-state index contributed by atoms with van der Waals surface area (Å²) in [5, 5.41) is 0. The van der Waals surface area contributed by atoms with Gasteiger partial charge in [-0.3, -0.25) is 4.79 Å². The molecule has 16 heavy (non-hydrogen) atoms. The van der Waals surface area contributed by atoms with Gasteiger partial charge in [-0.1, -0.05) is 0 Å². The standard InChI is InChI=1S/C9H9F2IN2O2/c1-16-7(15)3-5-8(12)4(13)2-6(14-5)9(10)11/h2,9H,3H2,1H3,(H2,13,14). The van der Waals surface area contributed by atoms with E-state index in [0.29, 0.717) is 3.57 Å². The summed E-state index contributed by atoms with van der Waals surface area (Å²) in [6, 6.07) is 1.10. The number of hydrogen-bond acceptors (Lipinski definition) is 4. The average Bonchev–Trinajstić information content (AvgIpc) is 2.23. The molecule has 4 nitrogen and oxygen atoms in total. The monoisotopic (exact) mass is 342 g/mol. The first-order valence-corrected chi connectivity index (χ1v) is 5.33.